The zero-order valence-corrected chi connectivity index (χ0v) is 32.2. The number of benzene rings is 7. The summed E-state index contributed by atoms with van der Waals surface area (Å²) in [6.07, 6.45) is 0. The van der Waals surface area contributed by atoms with Crippen molar-refractivity contribution in [1.29, 1.82) is 0 Å². The van der Waals surface area contributed by atoms with Gasteiger partial charge in [0.1, 0.15) is 0 Å². The van der Waals surface area contributed by atoms with Crippen molar-refractivity contribution in [3.8, 4) is 11.1 Å². The van der Waals surface area contributed by atoms with E-state index in [1.807, 2.05) is 12.1 Å². The molecule has 0 aliphatic heterocycles. The van der Waals surface area contributed by atoms with Gasteiger partial charge in [0, 0.05) is 4.11 Å². The average Bonchev–Trinajstić information content (AvgIpc) is 3.98. The number of aromatic nitrogens is 4. The van der Waals surface area contributed by atoms with Crippen molar-refractivity contribution in [1.82, 2.24) is 18.8 Å². The summed E-state index contributed by atoms with van der Waals surface area (Å²) in [5.74, 6) is 0. The Morgan fingerprint density at radius 2 is 1.11 bits per heavy atom. The number of nitrogens with zero attached hydrogens (tertiary/aromatic N) is 4. The van der Waals surface area contributed by atoms with Crippen LogP contribution in [0.1, 0.15) is 20.8 Å². The van der Waals surface area contributed by atoms with E-state index in [0.29, 0.717) is 5.52 Å². The molecule has 4 aromatic heterocycles. The standard InChI is InChI=1S/C47H34N4S2Si/c1-29-14-12-22-39-44(29)48-46-51(39)40-27-36(24-25-43(40)53-46)54(33-16-6-4-7-17-33,34-18-8-5-9-19-34)35-20-13-15-32(26-35)37-28-41-45(31(3)30(37)2)49-47-50(41)38-21-10-11-23-42(38)52-47/h4-28H,1-3H3/i1D3. The fourth-order valence-electron chi connectivity index (χ4n) is 8.66. The second-order valence-corrected chi connectivity index (χ2v) is 19.9. The average molecular weight is 750 g/mol. The topological polar surface area (TPSA) is 34.6 Å². The Morgan fingerprint density at radius 3 is 1.87 bits per heavy atom. The predicted octanol–water partition coefficient (Wildman–Crippen LogP) is 9.69. The quantitative estimate of drug-likeness (QED) is 0.130. The summed E-state index contributed by atoms with van der Waals surface area (Å²) in [6.45, 7) is 2.17. The van der Waals surface area contributed by atoms with Gasteiger partial charge in [0.25, 0.3) is 0 Å². The molecule has 4 nitrogen and oxygen atoms in total. The third-order valence-corrected chi connectivity index (χ3v) is 18.1. The largest absolute Gasteiger partial charge is 0.283 e. The van der Waals surface area contributed by atoms with Gasteiger partial charge >= 0.3 is 0 Å². The number of aryl methyl sites for hydroxylation is 2. The molecule has 0 unspecified atom stereocenters. The minimum absolute atomic E-state index is 0.280. The van der Waals surface area contributed by atoms with Gasteiger partial charge < -0.3 is 0 Å². The van der Waals surface area contributed by atoms with E-state index in [-0.39, 0.29) is 5.56 Å². The summed E-state index contributed by atoms with van der Waals surface area (Å²) < 4.78 is 31.5. The molecular formula is C47H34N4S2Si. The third kappa shape index (κ3) is 4.40. The summed E-state index contributed by atoms with van der Waals surface area (Å²) in [5, 5.41) is 5.08. The Labute approximate surface area is 325 Å². The molecule has 11 rings (SSSR count). The molecule has 0 bridgehead atoms. The van der Waals surface area contributed by atoms with Gasteiger partial charge in [-0.2, -0.15) is 0 Å². The summed E-state index contributed by atoms with van der Waals surface area (Å²) >= 11 is 3.33. The number of imidazole rings is 2. The first-order chi connectivity index (χ1) is 27.7. The van der Waals surface area contributed by atoms with Gasteiger partial charge in [-0.25, -0.2) is 9.97 Å². The molecule has 0 N–H and O–H groups in total. The maximum Gasteiger partial charge on any atom is 0.195 e. The number of rotatable bonds is 5. The maximum atomic E-state index is 8.23. The Kier molecular flexibility index (Phi) is 6.26. The van der Waals surface area contributed by atoms with Crippen molar-refractivity contribution in [3.05, 3.63) is 168 Å². The molecule has 0 atom stereocenters. The molecule has 258 valence electrons. The number of para-hydroxylation sites is 2. The van der Waals surface area contributed by atoms with E-state index in [1.54, 1.807) is 28.7 Å². The predicted molar refractivity (Wildman–Crippen MR) is 233 cm³/mol. The second-order valence-electron chi connectivity index (χ2n) is 14.1. The summed E-state index contributed by atoms with van der Waals surface area (Å²) in [6, 6.07) is 54.5. The highest BCUT2D eigenvalue weighted by Gasteiger charge is 2.42. The lowest BCUT2D eigenvalue weighted by Gasteiger charge is -2.35. The first-order valence-electron chi connectivity index (χ1n) is 19.6. The van der Waals surface area contributed by atoms with Crippen LogP contribution in [0.3, 0.4) is 0 Å². The summed E-state index contributed by atoms with van der Waals surface area (Å²) in [4.78, 5) is 11.9. The Balaban J connectivity index is 1.19. The van der Waals surface area contributed by atoms with E-state index in [4.69, 9.17) is 14.1 Å². The van der Waals surface area contributed by atoms with Crippen LogP contribution in [0.2, 0.25) is 0 Å². The minimum Gasteiger partial charge on any atom is -0.283 e. The molecule has 0 fully saturated rings. The first kappa shape index (κ1) is 28.6. The van der Waals surface area contributed by atoms with Crippen LogP contribution in [0.4, 0.5) is 0 Å². The van der Waals surface area contributed by atoms with Crippen LogP contribution in [-0.4, -0.2) is 26.8 Å². The van der Waals surface area contributed by atoms with Gasteiger partial charge in [-0.3, -0.25) is 8.80 Å². The fraction of sp³-hybridized carbons (Fsp3) is 0.0638. The van der Waals surface area contributed by atoms with E-state index in [0.717, 1.165) is 36.7 Å². The fourth-order valence-corrected chi connectivity index (χ4v) is 15.5. The van der Waals surface area contributed by atoms with Crippen LogP contribution < -0.4 is 20.7 Å². The molecule has 0 amide bonds. The Bertz CT molecular complexity index is 3340. The highest BCUT2D eigenvalue weighted by molar-refractivity contribution is 7.24. The zero-order valence-electron chi connectivity index (χ0n) is 32.5. The minimum atomic E-state index is -3.01. The normalized spacial score (nSPS) is 13.4. The summed E-state index contributed by atoms with van der Waals surface area (Å²) in [5.41, 5.74) is 10.8. The van der Waals surface area contributed by atoms with Gasteiger partial charge in [-0.15, -0.1) is 0 Å². The number of hydrogen-bond donors (Lipinski definition) is 0. The van der Waals surface area contributed by atoms with Crippen LogP contribution in [0, 0.1) is 20.7 Å². The van der Waals surface area contributed by atoms with Crippen LogP contribution in [0.15, 0.2) is 152 Å². The SMILES string of the molecule is [2H]C([2H])([2H])c1cccc2c1nc1sc3ccc([Si](c4ccccc4)(c4ccccc4)c4cccc(-c5cc6c(nc7sc8ccccc8n76)c(C)c5C)c4)cc3n12. The molecule has 54 heavy (non-hydrogen) atoms. The highest BCUT2D eigenvalue weighted by Crippen LogP contribution is 2.37. The Hall–Kier alpha value is -5.86. The second kappa shape index (κ2) is 11.8. The van der Waals surface area contributed by atoms with E-state index < -0.39 is 14.9 Å². The molecule has 0 spiro atoms. The third-order valence-electron chi connectivity index (χ3n) is 11.3. The molecule has 4 heterocycles. The van der Waals surface area contributed by atoms with Gasteiger partial charge in [0.15, 0.2) is 18.0 Å². The zero-order chi connectivity index (χ0) is 38.6. The van der Waals surface area contributed by atoms with Crippen LogP contribution in [-0.2, 0) is 0 Å². The molecule has 0 saturated heterocycles. The monoisotopic (exact) mass is 749 g/mol. The van der Waals surface area contributed by atoms with Gasteiger partial charge in [-0.1, -0.05) is 138 Å². The lowest BCUT2D eigenvalue weighted by Crippen LogP contribution is -2.74. The first-order valence-corrected chi connectivity index (χ1v) is 21.7. The van der Waals surface area contributed by atoms with Crippen molar-refractivity contribution in [2.24, 2.45) is 0 Å². The number of hydrogen-bond acceptors (Lipinski definition) is 4. The van der Waals surface area contributed by atoms with Crippen LogP contribution in [0.5, 0.6) is 0 Å². The smallest absolute Gasteiger partial charge is 0.195 e. The van der Waals surface area contributed by atoms with Gasteiger partial charge in [0.2, 0.25) is 0 Å². The molecule has 7 aromatic carbocycles. The molecule has 7 heteroatoms. The molecule has 11 aromatic rings. The molecule has 0 saturated carbocycles. The van der Waals surface area contributed by atoms with E-state index >= 15 is 0 Å². The molecular weight excluding hydrogens is 713 g/mol. The van der Waals surface area contributed by atoms with Crippen molar-refractivity contribution in [3.63, 3.8) is 0 Å². The van der Waals surface area contributed by atoms with E-state index in [1.165, 1.54) is 53.2 Å². The molecule has 0 aliphatic carbocycles. The lowest BCUT2D eigenvalue weighted by molar-refractivity contribution is 1.34. The molecule has 0 aliphatic rings. The van der Waals surface area contributed by atoms with Crippen molar-refractivity contribution >= 4 is 104 Å². The Morgan fingerprint density at radius 1 is 0.500 bits per heavy atom. The van der Waals surface area contributed by atoms with Crippen molar-refractivity contribution < 1.29 is 4.11 Å². The molecule has 0 radical (unpaired) electrons. The highest BCUT2D eigenvalue weighted by atomic mass is 32.1. The summed E-state index contributed by atoms with van der Waals surface area (Å²) in [7, 11) is -3.01. The van der Waals surface area contributed by atoms with Gasteiger partial charge in [-0.05, 0) is 106 Å². The lowest BCUT2D eigenvalue weighted by atomic mass is 9.96. The van der Waals surface area contributed by atoms with Crippen LogP contribution in [0.25, 0.3) is 63.5 Å². The van der Waals surface area contributed by atoms with Crippen molar-refractivity contribution in [2.75, 3.05) is 0 Å². The number of fused-ring (bicyclic) bond motifs is 10. The van der Waals surface area contributed by atoms with Crippen molar-refractivity contribution in [2.45, 2.75) is 20.7 Å². The maximum absolute atomic E-state index is 8.23. The van der Waals surface area contributed by atoms with Crippen LogP contribution >= 0.6 is 22.7 Å². The number of thiazole rings is 2. The van der Waals surface area contributed by atoms with E-state index in [2.05, 4.69) is 156 Å². The van der Waals surface area contributed by atoms with E-state index in [9.17, 15) is 0 Å². The van der Waals surface area contributed by atoms with Gasteiger partial charge in [0.05, 0.1) is 42.5 Å².